The summed E-state index contributed by atoms with van der Waals surface area (Å²) in [5, 5.41) is 62.8. The fraction of sp³-hybridized carbons (Fsp3) is 0.526. The molecule has 7 N–H and O–H groups in total. The van der Waals surface area contributed by atoms with Crippen LogP contribution >= 0.6 is 23.4 Å². The molecule has 4 atom stereocenters. The maximum atomic E-state index is 13.0. The lowest BCUT2D eigenvalue weighted by Gasteiger charge is -2.30. The molecule has 2 aliphatic carbocycles. The molecule has 284 valence electrons. The Bertz CT molecular complexity index is 1590. The quantitative estimate of drug-likeness (QED) is 0.0555. The predicted molar refractivity (Wildman–Crippen MR) is 198 cm³/mol. The molecular weight excluding hydrogens is 710 g/mol. The van der Waals surface area contributed by atoms with Crippen molar-refractivity contribution in [2.45, 2.75) is 86.0 Å². The first-order valence-corrected chi connectivity index (χ1v) is 19.2. The van der Waals surface area contributed by atoms with E-state index in [0.29, 0.717) is 24.1 Å². The van der Waals surface area contributed by atoms with Gasteiger partial charge in [0.1, 0.15) is 24.1 Å². The second kappa shape index (κ2) is 19.5. The molecule has 0 radical (unpaired) electrons. The molecule has 12 nitrogen and oxygen atoms in total. The molecule has 2 aromatic carbocycles. The Labute approximate surface area is 313 Å². The smallest absolute Gasteiger partial charge is 0.254 e. The van der Waals surface area contributed by atoms with E-state index in [1.54, 1.807) is 11.8 Å². The zero-order valence-electron chi connectivity index (χ0n) is 29.1. The molecular formula is C38H50ClN3O9S. The van der Waals surface area contributed by atoms with Gasteiger partial charge in [-0.05, 0) is 91.3 Å². The lowest BCUT2D eigenvalue weighted by Crippen LogP contribution is -2.53. The van der Waals surface area contributed by atoms with Crippen LogP contribution in [0.5, 0.6) is 5.75 Å². The van der Waals surface area contributed by atoms with Crippen LogP contribution in [0, 0.1) is 0 Å². The summed E-state index contributed by atoms with van der Waals surface area (Å²) in [4.78, 5) is 19.9. The zero-order chi connectivity index (χ0) is 37.1. The van der Waals surface area contributed by atoms with Crippen LogP contribution in [0.25, 0.3) is 11.1 Å². The average Bonchev–Trinajstić information content (AvgIpc) is 4.12. The molecule has 1 aromatic heterocycles. The number of halogens is 1. The van der Waals surface area contributed by atoms with Crippen molar-refractivity contribution in [2.24, 2.45) is 0 Å². The van der Waals surface area contributed by atoms with Crippen molar-refractivity contribution in [3.63, 3.8) is 0 Å². The lowest BCUT2D eigenvalue weighted by atomic mass is 9.94. The third-order valence-electron chi connectivity index (χ3n) is 9.37. The molecule has 4 unspecified atom stereocenters. The van der Waals surface area contributed by atoms with Crippen LogP contribution in [0.2, 0.25) is 5.02 Å². The van der Waals surface area contributed by atoms with Crippen molar-refractivity contribution < 1.29 is 44.9 Å². The second-order valence-corrected chi connectivity index (χ2v) is 14.9. The van der Waals surface area contributed by atoms with E-state index in [1.807, 2.05) is 42.7 Å². The summed E-state index contributed by atoms with van der Waals surface area (Å²) in [5.74, 6) is 0.808. The summed E-state index contributed by atoms with van der Waals surface area (Å²) in [5.41, 5.74) is 4.12. The molecule has 0 saturated heterocycles. The first-order valence-electron chi connectivity index (χ1n) is 17.8. The molecule has 2 aliphatic rings. The van der Waals surface area contributed by atoms with Crippen molar-refractivity contribution in [3.05, 3.63) is 77.1 Å². The summed E-state index contributed by atoms with van der Waals surface area (Å²) in [6.07, 6.45) is 1.90. The van der Waals surface area contributed by atoms with Crippen LogP contribution in [-0.4, -0.2) is 122 Å². The van der Waals surface area contributed by atoms with Crippen LogP contribution in [-0.2, 0) is 21.6 Å². The minimum Gasteiger partial charge on any atom is -0.490 e. The van der Waals surface area contributed by atoms with Gasteiger partial charge in [0.05, 0.1) is 32.5 Å². The van der Waals surface area contributed by atoms with Gasteiger partial charge < -0.3 is 50.3 Å². The number of thioether (sulfide) groups is 1. The van der Waals surface area contributed by atoms with E-state index in [1.165, 1.54) is 4.90 Å². The van der Waals surface area contributed by atoms with Gasteiger partial charge in [-0.3, -0.25) is 9.78 Å². The molecule has 3 aromatic rings. The van der Waals surface area contributed by atoms with E-state index < -0.39 is 36.9 Å². The largest absolute Gasteiger partial charge is 0.490 e. The first-order chi connectivity index (χ1) is 25.2. The number of rotatable bonds is 23. The molecule has 0 spiro atoms. The number of carbonyl (C=O) groups excluding carboxylic acids is 1. The normalized spacial score (nSPS) is 17.3. The maximum Gasteiger partial charge on any atom is 0.254 e. The Hall–Kier alpha value is -2.82. The molecule has 2 saturated carbocycles. The number of para-hydroxylation sites is 1. The number of unbranched alkanes of at least 4 members (excludes halogenated alkanes) is 1. The number of benzene rings is 2. The monoisotopic (exact) mass is 759 g/mol. The Morgan fingerprint density at radius 1 is 1.00 bits per heavy atom. The topological polar surface area (TPSA) is 185 Å². The van der Waals surface area contributed by atoms with Crippen molar-refractivity contribution >= 4 is 29.3 Å². The Morgan fingerprint density at radius 2 is 1.79 bits per heavy atom. The van der Waals surface area contributed by atoms with Crippen LogP contribution in [0.4, 0.5) is 0 Å². The van der Waals surface area contributed by atoms with E-state index >= 15 is 0 Å². The Morgan fingerprint density at radius 3 is 2.52 bits per heavy atom. The molecule has 14 heteroatoms. The van der Waals surface area contributed by atoms with Gasteiger partial charge in [-0.1, -0.05) is 29.8 Å². The van der Waals surface area contributed by atoms with Gasteiger partial charge >= 0.3 is 0 Å². The number of hydrogen-bond donors (Lipinski definition) is 7. The molecule has 1 heterocycles. The molecule has 2 fully saturated rings. The van der Waals surface area contributed by atoms with Crippen LogP contribution < -0.4 is 10.1 Å². The minimum atomic E-state index is -2.01. The summed E-state index contributed by atoms with van der Waals surface area (Å²) >= 11 is 8.34. The lowest BCUT2D eigenvalue weighted by molar-refractivity contribution is -0.159. The van der Waals surface area contributed by atoms with Gasteiger partial charge in [-0.15, -0.1) is 11.8 Å². The highest BCUT2D eigenvalue weighted by atomic mass is 35.5. The van der Waals surface area contributed by atoms with Gasteiger partial charge in [-0.25, -0.2) is 0 Å². The number of nitrogens with one attached hydrogen (secondary N) is 1. The zero-order valence-corrected chi connectivity index (χ0v) is 30.7. The minimum absolute atomic E-state index is 0.0830. The number of aliphatic hydroxyl groups excluding tert-OH is 6. The molecule has 0 bridgehead atoms. The number of amides is 1. The standard InChI is InChI=1S/C38H50ClN3O9S/c39-31-10-9-27(52-20-4-3-15-42(16-18-50-19-17-43)37(49)36(48)35(47)34(46)32(45)24-44)21-25(31)22-41-38(12-13-38)30-23-40-14-11-28(30)29-5-1-2-6-33(29)51-26-7-8-26/h1-2,5-6,9-11,14,21,23,26,32,34-36,41,43-48H,3-4,7-8,12-13,15-20,22,24H2. The molecule has 1 amide bonds. The van der Waals surface area contributed by atoms with Crippen molar-refractivity contribution in [1.82, 2.24) is 15.2 Å². The summed E-state index contributed by atoms with van der Waals surface area (Å²) in [6, 6.07) is 16.2. The summed E-state index contributed by atoms with van der Waals surface area (Å²) in [6.45, 7) is 0.0616. The first kappa shape index (κ1) is 40.4. The third kappa shape index (κ3) is 10.9. The van der Waals surface area contributed by atoms with Crippen LogP contribution in [0.3, 0.4) is 0 Å². The van der Waals surface area contributed by atoms with Crippen molar-refractivity contribution in [2.75, 3.05) is 45.3 Å². The number of aromatic nitrogens is 1. The average molecular weight is 760 g/mol. The van der Waals surface area contributed by atoms with E-state index in [0.717, 1.165) is 70.8 Å². The number of carbonyl (C=O) groups is 1. The fourth-order valence-electron chi connectivity index (χ4n) is 6.00. The van der Waals surface area contributed by atoms with Gasteiger partial charge in [0, 0.05) is 53.0 Å². The molecule has 0 aliphatic heterocycles. The summed E-state index contributed by atoms with van der Waals surface area (Å²) < 4.78 is 11.5. The molecule has 52 heavy (non-hydrogen) atoms. The second-order valence-electron chi connectivity index (χ2n) is 13.3. The maximum absolute atomic E-state index is 13.0. The number of hydrogen-bond acceptors (Lipinski definition) is 12. The highest BCUT2D eigenvalue weighted by Gasteiger charge is 2.46. The van der Waals surface area contributed by atoms with Gasteiger partial charge in [0.25, 0.3) is 5.91 Å². The van der Waals surface area contributed by atoms with Gasteiger partial charge in [0.15, 0.2) is 6.10 Å². The number of aliphatic hydroxyl groups is 6. The fourth-order valence-corrected chi connectivity index (χ4v) is 7.16. The van der Waals surface area contributed by atoms with E-state index in [-0.39, 0.29) is 38.4 Å². The highest BCUT2D eigenvalue weighted by Crippen LogP contribution is 2.50. The number of nitrogens with zero attached hydrogens (tertiary/aromatic N) is 2. The van der Waals surface area contributed by atoms with E-state index in [2.05, 4.69) is 28.5 Å². The van der Waals surface area contributed by atoms with Crippen LogP contribution in [0.1, 0.15) is 49.7 Å². The van der Waals surface area contributed by atoms with Crippen molar-refractivity contribution in [3.8, 4) is 16.9 Å². The summed E-state index contributed by atoms with van der Waals surface area (Å²) in [7, 11) is 0. The van der Waals surface area contributed by atoms with E-state index in [4.69, 9.17) is 31.3 Å². The van der Waals surface area contributed by atoms with Gasteiger partial charge in [-0.2, -0.15) is 0 Å². The Balaban J connectivity index is 1.15. The Kier molecular flexibility index (Phi) is 15.1. The molecule has 5 rings (SSSR count). The van der Waals surface area contributed by atoms with Crippen LogP contribution in [0.15, 0.2) is 65.8 Å². The number of ether oxygens (including phenoxy) is 2. The SMILES string of the molecule is O=C(C(O)C(O)C(O)C(O)CO)N(CCCCSc1ccc(Cl)c(CNC2(c3cnccc3-c3ccccc3OC3CC3)CC2)c1)CCOCCO. The van der Waals surface area contributed by atoms with Gasteiger partial charge in [0.2, 0.25) is 0 Å². The van der Waals surface area contributed by atoms with Crippen molar-refractivity contribution in [1.29, 1.82) is 0 Å². The predicted octanol–water partition coefficient (Wildman–Crippen LogP) is 2.87. The third-order valence-corrected chi connectivity index (χ3v) is 10.8. The highest BCUT2D eigenvalue weighted by molar-refractivity contribution is 7.99. The number of pyridine rings is 1. The van der Waals surface area contributed by atoms with E-state index in [9.17, 15) is 25.2 Å².